The standard InChI is InChI=1S/C21H18N8/c1-2-8-16(9-3-1)22-23-17(14-28-20-12-6-4-10-18(20)24-26-28)15-29-21-13-7-5-11-19(21)25-27-29/h1-13,22H,14-15H2. The molecule has 0 saturated heterocycles. The normalized spacial score (nSPS) is 11.0. The first kappa shape index (κ1) is 17.1. The van der Waals surface area contributed by atoms with Gasteiger partial charge in [-0.2, -0.15) is 5.10 Å². The van der Waals surface area contributed by atoms with Crippen molar-refractivity contribution in [3.05, 3.63) is 78.9 Å². The lowest BCUT2D eigenvalue weighted by atomic mass is 10.3. The summed E-state index contributed by atoms with van der Waals surface area (Å²) in [4.78, 5) is 0. The molecule has 2 aromatic heterocycles. The molecule has 0 radical (unpaired) electrons. The zero-order chi connectivity index (χ0) is 19.5. The first-order valence-electron chi connectivity index (χ1n) is 9.30. The van der Waals surface area contributed by atoms with Gasteiger partial charge in [-0.3, -0.25) is 5.43 Å². The molecule has 0 unspecified atom stereocenters. The molecule has 0 atom stereocenters. The van der Waals surface area contributed by atoms with Crippen molar-refractivity contribution in [2.75, 3.05) is 5.43 Å². The molecule has 2 heterocycles. The van der Waals surface area contributed by atoms with E-state index in [1.165, 1.54) is 0 Å². The molecular formula is C21H18N8. The molecule has 1 N–H and O–H groups in total. The van der Waals surface area contributed by atoms with Gasteiger partial charge in [-0.15, -0.1) is 10.2 Å². The second-order valence-electron chi connectivity index (χ2n) is 6.63. The highest BCUT2D eigenvalue weighted by Crippen LogP contribution is 2.13. The van der Waals surface area contributed by atoms with Crippen molar-refractivity contribution in [3.63, 3.8) is 0 Å². The molecule has 0 aliphatic rings. The van der Waals surface area contributed by atoms with E-state index in [1.807, 2.05) is 88.2 Å². The number of nitrogens with one attached hydrogen (secondary N) is 1. The molecule has 0 amide bonds. The van der Waals surface area contributed by atoms with Gasteiger partial charge in [0, 0.05) is 0 Å². The van der Waals surface area contributed by atoms with E-state index in [0.29, 0.717) is 13.1 Å². The van der Waals surface area contributed by atoms with E-state index >= 15 is 0 Å². The van der Waals surface area contributed by atoms with Crippen molar-refractivity contribution in [2.24, 2.45) is 5.10 Å². The number of hydrazone groups is 1. The molecule has 0 aliphatic heterocycles. The summed E-state index contributed by atoms with van der Waals surface area (Å²) in [6, 6.07) is 25.6. The van der Waals surface area contributed by atoms with Crippen molar-refractivity contribution in [3.8, 4) is 0 Å². The van der Waals surface area contributed by atoms with E-state index in [4.69, 9.17) is 0 Å². The number of anilines is 1. The smallest absolute Gasteiger partial charge is 0.113 e. The fourth-order valence-corrected chi connectivity index (χ4v) is 3.19. The molecule has 0 saturated carbocycles. The van der Waals surface area contributed by atoms with Crippen LogP contribution in [0.4, 0.5) is 5.69 Å². The number of hydrogen-bond acceptors (Lipinski definition) is 6. The van der Waals surface area contributed by atoms with Crippen molar-refractivity contribution < 1.29 is 0 Å². The molecule has 8 heteroatoms. The van der Waals surface area contributed by atoms with Crippen LogP contribution in [0.15, 0.2) is 84.0 Å². The molecule has 0 aliphatic carbocycles. The van der Waals surface area contributed by atoms with Gasteiger partial charge < -0.3 is 0 Å². The largest absolute Gasteiger partial charge is 0.278 e. The van der Waals surface area contributed by atoms with Crippen LogP contribution in [-0.2, 0) is 13.1 Å². The van der Waals surface area contributed by atoms with Crippen LogP contribution in [0.1, 0.15) is 0 Å². The summed E-state index contributed by atoms with van der Waals surface area (Å²) in [6.07, 6.45) is 0. The lowest BCUT2D eigenvalue weighted by Gasteiger charge is -2.09. The highest BCUT2D eigenvalue weighted by atomic mass is 15.5. The Hall–Kier alpha value is -4.07. The quantitative estimate of drug-likeness (QED) is 0.360. The van der Waals surface area contributed by atoms with Gasteiger partial charge in [0.25, 0.3) is 0 Å². The summed E-state index contributed by atoms with van der Waals surface area (Å²) in [5.41, 5.74) is 8.53. The Morgan fingerprint density at radius 1 is 0.690 bits per heavy atom. The van der Waals surface area contributed by atoms with Crippen molar-refractivity contribution in [1.29, 1.82) is 0 Å². The number of rotatable bonds is 6. The van der Waals surface area contributed by atoms with E-state index in [0.717, 1.165) is 33.5 Å². The minimum absolute atomic E-state index is 0.481. The summed E-state index contributed by atoms with van der Waals surface area (Å²) in [7, 11) is 0. The van der Waals surface area contributed by atoms with Crippen LogP contribution in [0.5, 0.6) is 0 Å². The fraction of sp³-hybridized carbons (Fsp3) is 0.0952. The third kappa shape index (κ3) is 3.55. The Morgan fingerprint density at radius 3 is 1.79 bits per heavy atom. The number of para-hydroxylation sites is 3. The maximum atomic E-state index is 4.65. The second kappa shape index (κ2) is 7.51. The van der Waals surface area contributed by atoms with Crippen LogP contribution in [0, 0.1) is 0 Å². The summed E-state index contributed by atoms with van der Waals surface area (Å²) in [5.74, 6) is 0. The summed E-state index contributed by atoms with van der Waals surface area (Å²) in [5, 5.41) is 21.7. The van der Waals surface area contributed by atoms with Gasteiger partial charge in [0.05, 0.1) is 35.5 Å². The summed E-state index contributed by atoms with van der Waals surface area (Å²) >= 11 is 0. The molecule has 142 valence electrons. The van der Waals surface area contributed by atoms with Crippen molar-refractivity contribution in [1.82, 2.24) is 30.0 Å². The lowest BCUT2D eigenvalue weighted by molar-refractivity contribution is 0.654. The second-order valence-corrected chi connectivity index (χ2v) is 6.63. The van der Waals surface area contributed by atoms with Crippen LogP contribution >= 0.6 is 0 Å². The predicted molar refractivity (Wildman–Crippen MR) is 113 cm³/mol. The van der Waals surface area contributed by atoms with Gasteiger partial charge in [0.1, 0.15) is 11.0 Å². The van der Waals surface area contributed by atoms with Gasteiger partial charge in [-0.05, 0) is 36.4 Å². The lowest BCUT2D eigenvalue weighted by Crippen LogP contribution is -2.20. The van der Waals surface area contributed by atoms with E-state index in [2.05, 4.69) is 31.2 Å². The Labute approximate surface area is 166 Å². The van der Waals surface area contributed by atoms with Crippen LogP contribution in [0.25, 0.3) is 22.1 Å². The molecule has 0 fully saturated rings. The van der Waals surface area contributed by atoms with E-state index in [-0.39, 0.29) is 0 Å². The Kier molecular flexibility index (Phi) is 4.42. The monoisotopic (exact) mass is 382 g/mol. The van der Waals surface area contributed by atoms with Crippen LogP contribution in [0.3, 0.4) is 0 Å². The van der Waals surface area contributed by atoms with Gasteiger partial charge in [0.2, 0.25) is 0 Å². The number of hydrogen-bond donors (Lipinski definition) is 1. The number of fused-ring (bicyclic) bond motifs is 2. The average molecular weight is 382 g/mol. The van der Waals surface area contributed by atoms with E-state index in [1.54, 1.807) is 0 Å². The maximum absolute atomic E-state index is 4.65. The minimum Gasteiger partial charge on any atom is -0.278 e. The fourth-order valence-electron chi connectivity index (χ4n) is 3.19. The highest BCUT2D eigenvalue weighted by Gasteiger charge is 2.11. The highest BCUT2D eigenvalue weighted by molar-refractivity contribution is 5.87. The topological polar surface area (TPSA) is 85.8 Å². The van der Waals surface area contributed by atoms with Crippen molar-refractivity contribution in [2.45, 2.75) is 13.1 Å². The van der Waals surface area contributed by atoms with Crippen LogP contribution in [0.2, 0.25) is 0 Å². The first-order valence-corrected chi connectivity index (χ1v) is 9.30. The zero-order valence-corrected chi connectivity index (χ0v) is 15.6. The predicted octanol–water partition coefficient (Wildman–Crippen LogP) is 3.34. The van der Waals surface area contributed by atoms with Gasteiger partial charge >= 0.3 is 0 Å². The maximum Gasteiger partial charge on any atom is 0.113 e. The third-order valence-corrected chi connectivity index (χ3v) is 4.62. The number of nitrogens with zero attached hydrogens (tertiary/aromatic N) is 7. The molecule has 0 spiro atoms. The molecule has 8 nitrogen and oxygen atoms in total. The molecule has 3 aromatic carbocycles. The molecule has 0 bridgehead atoms. The summed E-state index contributed by atoms with van der Waals surface area (Å²) < 4.78 is 3.69. The molecule has 29 heavy (non-hydrogen) atoms. The van der Waals surface area contributed by atoms with E-state index < -0.39 is 0 Å². The van der Waals surface area contributed by atoms with E-state index in [9.17, 15) is 0 Å². The van der Waals surface area contributed by atoms with Crippen LogP contribution in [-0.4, -0.2) is 35.7 Å². The molecular weight excluding hydrogens is 364 g/mol. The Morgan fingerprint density at radius 2 is 1.21 bits per heavy atom. The van der Waals surface area contributed by atoms with Gasteiger partial charge in [-0.25, -0.2) is 9.36 Å². The van der Waals surface area contributed by atoms with Crippen LogP contribution < -0.4 is 5.43 Å². The third-order valence-electron chi connectivity index (χ3n) is 4.62. The minimum atomic E-state index is 0.481. The van der Waals surface area contributed by atoms with Gasteiger partial charge in [0.15, 0.2) is 0 Å². The zero-order valence-electron chi connectivity index (χ0n) is 15.6. The SMILES string of the molecule is c1ccc(NN=C(Cn2nnc3ccccc32)Cn2nnc3ccccc32)cc1. The summed E-state index contributed by atoms with van der Waals surface area (Å²) in [6.45, 7) is 0.961. The van der Waals surface area contributed by atoms with Crippen molar-refractivity contribution >= 4 is 33.5 Å². The van der Waals surface area contributed by atoms with Gasteiger partial charge in [-0.1, -0.05) is 52.9 Å². The molecule has 5 aromatic rings. The number of aromatic nitrogens is 6. The Balaban J connectivity index is 1.48. The Bertz CT molecular complexity index is 1210. The average Bonchev–Trinajstić information content (AvgIpc) is 3.37. The molecule has 5 rings (SSSR count). The number of benzene rings is 3. The first-order chi connectivity index (χ1) is 14.4.